The number of carbonyl (C=O) groups is 1. The third-order valence-electron chi connectivity index (χ3n) is 1.46. The second-order valence-electron chi connectivity index (χ2n) is 2.45. The first kappa shape index (κ1) is 11.5. The zero-order chi connectivity index (χ0) is 10.4. The summed E-state index contributed by atoms with van der Waals surface area (Å²) in [6, 6.07) is 10.6. The van der Waals surface area contributed by atoms with Crippen molar-refractivity contribution in [2.45, 2.75) is 0 Å². The van der Waals surface area contributed by atoms with Crippen molar-refractivity contribution in [1.82, 2.24) is 0 Å². The summed E-state index contributed by atoms with van der Waals surface area (Å²) in [5, 5.41) is 1.59. The second-order valence-corrected chi connectivity index (χ2v) is 4.08. The monoisotopic (exact) mass is 246 g/mol. The summed E-state index contributed by atoms with van der Waals surface area (Å²) in [4.78, 5) is 10.8. The molecule has 0 aromatic heterocycles. The van der Waals surface area contributed by atoms with E-state index in [4.69, 9.17) is 23.2 Å². The van der Waals surface area contributed by atoms with Gasteiger partial charge in [0.1, 0.15) is 0 Å². The fourth-order valence-corrected chi connectivity index (χ4v) is 1.65. The smallest absolute Gasteiger partial charge is 0.236 e. The van der Waals surface area contributed by atoms with Gasteiger partial charge in [0.2, 0.25) is 5.24 Å². The van der Waals surface area contributed by atoms with Crippen molar-refractivity contribution < 1.29 is 4.79 Å². The molecule has 0 saturated carbocycles. The van der Waals surface area contributed by atoms with Crippen LogP contribution < -0.4 is 0 Å². The molecule has 4 heteroatoms. The van der Waals surface area contributed by atoms with Crippen molar-refractivity contribution in [3.05, 3.63) is 35.7 Å². The van der Waals surface area contributed by atoms with Crippen molar-refractivity contribution >= 4 is 39.8 Å². The number of hydrogen-bond donors (Lipinski definition) is 0. The molecular formula is C10H8Cl2OS. The fourth-order valence-electron chi connectivity index (χ4n) is 0.918. The highest BCUT2D eigenvalue weighted by Gasteiger charge is 1.96. The van der Waals surface area contributed by atoms with Crippen molar-refractivity contribution in [3.8, 4) is 10.4 Å². The molecule has 2 aliphatic rings. The molecule has 1 aliphatic carbocycles. The second kappa shape index (κ2) is 6.02. The Bertz CT molecular complexity index is 345. The molecular weight excluding hydrogens is 239 g/mol. The van der Waals surface area contributed by atoms with Gasteiger partial charge in [-0.15, -0.1) is 22.9 Å². The fraction of sp³-hybridized carbons (Fsp3) is 0.100. The lowest BCUT2D eigenvalue weighted by Gasteiger charge is -1.91. The Morgan fingerprint density at radius 1 is 1.29 bits per heavy atom. The summed E-state index contributed by atoms with van der Waals surface area (Å²) >= 11 is 11.3. The van der Waals surface area contributed by atoms with Gasteiger partial charge in [-0.1, -0.05) is 24.3 Å². The molecule has 0 unspecified atom stereocenters. The average Bonchev–Trinajstić information content (AvgIpc) is 2.66. The van der Waals surface area contributed by atoms with Crippen LogP contribution >= 0.6 is 34.5 Å². The largest absolute Gasteiger partial charge is 0.280 e. The molecule has 0 spiro atoms. The number of halogens is 2. The van der Waals surface area contributed by atoms with Crippen LogP contribution in [-0.4, -0.2) is 11.1 Å². The maximum Gasteiger partial charge on any atom is 0.236 e. The van der Waals surface area contributed by atoms with E-state index in [2.05, 4.69) is 35.7 Å². The van der Waals surface area contributed by atoms with E-state index >= 15 is 0 Å². The Labute approximate surface area is 96.6 Å². The van der Waals surface area contributed by atoms with Crippen LogP contribution in [0.15, 0.2) is 35.7 Å². The molecule has 1 heterocycles. The molecule has 0 radical (unpaired) electrons. The van der Waals surface area contributed by atoms with Gasteiger partial charge in [-0.2, -0.15) is 0 Å². The Morgan fingerprint density at radius 3 is 2.50 bits per heavy atom. The van der Waals surface area contributed by atoms with Gasteiger partial charge >= 0.3 is 0 Å². The van der Waals surface area contributed by atoms with Crippen molar-refractivity contribution in [2.24, 2.45) is 0 Å². The first-order valence-corrected chi connectivity index (χ1v) is 5.70. The lowest BCUT2D eigenvalue weighted by atomic mass is 10.3. The maximum atomic E-state index is 9.45. The van der Waals surface area contributed by atoms with Crippen molar-refractivity contribution in [1.29, 1.82) is 0 Å². The van der Waals surface area contributed by atoms with Gasteiger partial charge in [0.25, 0.3) is 0 Å². The Kier molecular flexibility index (Phi) is 4.94. The third-order valence-corrected chi connectivity index (χ3v) is 2.89. The van der Waals surface area contributed by atoms with Crippen LogP contribution in [0.3, 0.4) is 0 Å². The van der Waals surface area contributed by atoms with Crippen LogP contribution in [0, 0.1) is 0 Å². The van der Waals surface area contributed by atoms with E-state index in [1.807, 2.05) is 0 Å². The number of hydrogen-bond acceptors (Lipinski definition) is 2. The van der Waals surface area contributed by atoms with Gasteiger partial charge in [-0.25, -0.2) is 0 Å². The highest BCUT2D eigenvalue weighted by molar-refractivity contribution is 7.13. The quantitative estimate of drug-likeness (QED) is 0.552. The van der Waals surface area contributed by atoms with Gasteiger partial charge in [-0.3, -0.25) is 4.79 Å². The summed E-state index contributed by atoms with van der Waals surface area (Å²) in [6.45, 7) is 0. The predicted octanol–water partition coefficient (Wildman–Crippen LogP) is 3.84. The standard InChI is InChI=1S/C8H6S.C2H2Cl2O/c1-3-7-4-2-6-9-8(7)5-1;3-1-2(4)5/h1-6H;1H2. The zero-order valence-corrected chi connectivity index (χ0v) is 9.57. The SMILES string of the molecule is O=C(Cl)CCl.c1csc2cccc-2c1. The number of alkyl halides is 1. The molecule has 0 aromatic rings. The van der Waals surface area contributed by atoms with Crippen LogP contribution in [-0.2, 0) is 4.79 Å². The van der Waals surface area contributed by atoms with Gasteiger partial charge < -0.3 is 0 Å². The van der Waals surface area contributed by atoms with Crippen LogP contribution in [0.2, 0.25) is 0 Å². The van der Waals surface area contributed by atoms with E-state index < -0.39 is 5.24 Å². The molecule has 0 amide bonds. The first-order chi connectivity index (χ1) is 6.74. The highest BCUT2D eigenvalue weighted by atomic mass is 35.5. The third kappa shape index (κ3) is 3.66. The van der Waals surface area contributed by atoms with Gasteiger partial charge in [0.05, 0.1) is 5.88 Å². The van der Waals surface area contributed by atoms with Gasteiger partial charge in [0, 0.05) is 4.88 Å². The summed E-state index contributed by atoms with van der Waals surface area (Å²) in [6.07, 6.45) is 0. The summed E-state index contributed by atoms with van der Waals surface area (Å²) < 4.78 is 0. The first-order valence-electron chi connectivity index (χ1n) is 3.90. The molecule has 14 heavy (non-hydrogen) atoms. The van der Waals surface area contributed by atoms with Crippen LogP contribution in [0.25, 0.3) is 10.4 Å². The van der Waals surface area contributed by atoms with Crippen molar-refractivity contribution in [2.75, 3.05) is 5.88 Å². The number of fused-ring (bicyclic) bond motifs is 1. The summed E-state index contributed by atoms with van der Waals surface area (Å²) in [5.74, 6) is -0.0957. The van der Waals surface area contributed by atoms with Crippen LogP contribution in [0.4, 0.5) is 0 Å². The molecule has 0 saturated heterocycles. The Hall–Kier alpha value is -0.570. The lowest BCUT2D eigenvalue weighted by Crippen LogP contribution is -1.81. The normalized spacial score (nSPS) is 9.29. The molecule has 1 aliphatic heterocycles. The molecule has 0 aromatic carbocycles. The minimum atomic E-state index is -0.508. The molecule has 0 bridgehead atoms. The van der Waals surface area contributed by atoms with Crippen molar-refractivity contribution in [3.63, 3.8) is 0 Å². The molecule has 74 valence electrons. The molecule has 0 fully saturated rings. The highest BCUT2D eigenvalue weighted by Crippen LogP contribution is 2.25. The van der Waals surface area contributed by atoms with E-state index in [0.717, 1.165) is 0 Å². The van der Waals surface area contributed by atoms with Gasteiger partial charge in [0.15, 0.2) is 0 Å². The van der Waals surface area contributed by atoms with Crippen LogP contribution in [0.5, 0.6) is 0 Å². The topological polar surface area (TPSA) is 17.1 Å². The molecule has 0 atom stereocenters. The van der Waals surface area contributed by atoms with E-state index in [1.165, 1.54) is 10.4 Å². The Balaban J connectivity index is 0.000000171. The van der Waals surface area contributed by atoms with E-state index in [9.17, 15) is 4.79 Å². The van der Waals surface area contributed by atoms with E-state index in [-0.39, 0.29) is 5.88 Å². The van der Waals surface area contributed by atoms with Crippen LogP contribution in [0.1, 0.15) is 0 Å². The minimum Gasteiger partial charge on any atom is -0.280 e. The van der Waals surface area contributed by atoms with E-state index in [1.54, 1.807) is 11.3 Å². The summed E-state index contributed by atoms with van der Waals surface area (Å²) in [5.41, 5.74) is 1.35. The predicted molar refractivity (Wildman–Crippen MR) is 62.5 cm³/mol. The minimum absolute atomic E-state index is 0.0957. The van der Waals surface area contributed by atoms with E-state index in [0.29, 0.717) is 0 Å². The zero-order valence-electron chi connectivity index (χ0n) is 7.24. The average molecular weight is 247 g/mol. The van der Waals surface area contributed by atoms with Gasteiger partial charge in [-0.05, 0) is 28.6 Å². The molecule has 0 N–H and O–H groups in total. The molecule has 2 rings (SSSR count). The number of rotatable bonds is 1. The summed E-state index contributed by atoms with van der Waals surface area (Å²) in [7, 11) is 0. The molecule has 1 nitrogen and oxygen atoms in total. The maximum absolute atomic E-state index is 9.45. The number of carbonyl (C=O) groups excluding carboxylic acids is 1. The lowest BCUT2D eigenvalue weighted by molar-refractivity contribution is -0.109. The Morgan fingerprint density at radius 2 is 1.93 bits per heavy atom.